The molecule has 3 rings (SSSR count). The first kappa shape index (κ1) is 21.3. The van der Waals surface area contributed by atoms with E-state index in [0.29, 0.717) is 12.3 Å². The zero-order valence-corrected chi connectivity index (χ0v) is 17.3. The first-order valence-electron chi connectivity index (χ1n) is 9.80. The quantitative estimate of drug-likeness (QED) is 0.681. The molecule has 0 aromatic heterocycles. The van der Waals surface area contributed by atoms with Crippen molar-refractivity contribution in [3.8, 4) is 5.75 Å². The van der Waals surface area contributed by atoms with E-state index in [-0.39, 0.29) is 29.3 Å². The highest BCUT2D eigenvalue weighted by Gasteiger charge is 2.26. The van der Waals surface area contributed by atoms with Gasteiger partial charge in [0.1, 0.15) is 11.6 Å². The van der Waals surface area contributed by atoms with Crippen LogP contribution in [0.5, 0.6) is 5.75 Å². The Bertz CT molecular complexity index is 938. The lowest BCUT2D eigenvalue weighted by Crippen LogP contribution is -2.43. The predicted octanol–water partition coefficient (Wildman–Crippen LogP) is 3.97. The summed E-state index contributed by atoms with van der Waals surface area (Å²) in [5.41, 5.74) is 0.865. The summed E-state index contributed by atoms with van der Waals surface area (Å²) < 4.78 is 42.3. The number of amides is 1. The maximum atomic E-state index is 13.2. The van der Waals surface area contributed by atoms with Crippen molar-refractivity contribution in [2.24, 2.45) is 0 Å². The number of hydrogen-bond acceptors (Lipinski definition) is 4. The molecule has 1 saturated carbocycles. The lowest BCUT2D eigenvalue weighted by Gasteiger charge is -2.34. The van der Waals surface area contributed by atoms with Crippen molar-refractivity contribution < 1.29 is 22.3 Å². The second kappa shape index (κ2) is 9.39. The topological polar surface area (TPSA) is 63.7 Å². The van der Waals surface area contributed by atoms with Gasteiger partial charge < -0.3 is 9.64 Å². The lowest BCUT2D eigenvalue weighted by atomic mass is 9.93. The molecule has 0 atom stereocenters. The zero-order valence-electron chi connectivity index (χ0n) is 16.5. The van der Waals surface area contributed by atoms with Gasteiger partial charge in [0.05, 0.1) is 4.90 Å². The van der Waals surface area contributed by atoms with Gasteiger partial charge in [0.15, 0.2) is 16.4 Å². The Morgan fingerprint density at radius 1 is 1.10 bits per heavy atom. The summed E-state index contributed by atoms with van der Waals surface area (Å²) in [6.45, 7) is 0.224. The van der Waals surface area contributed by atoms with Crippen LogP contribution in [0.2, 0.25) is 0 Å². The van der Waals surface area contributed by atoms with Crippen LogP contribution in [0.25, 0.3) is 0 Å². The van der Waals surface area contributed by atoms with Crippen LogP contribution in [-0.2, 0) is 21.2 Å². The van der Waals surface area contributed by atoms with Gasteiger partial charge in [0, 0.05) is 18.8 Å². The van der Waals surface area contributed by atoms with Crippen LogP contribution in [0.1, 0.15) is 37.7 Å². The van der Waals surface area contributed by atoms with Gasteiger partial charge >= 0.3 is 0 Å². The Hall–Kier alpha value is -2.41. The smallest absolute Gasteiger partial charge is 0.261 e. The van der Waals surface area contributed by atoms with Gasteiger partial charge in [-0.05, 0) is 48.7 Å². The van der Waals surface area contributed by atoms with Crippen molar-refractivity contribution in [2.75, 3.05) is 12.9 Å². The number of ether oxygens (including phenoxy) is 1. The van der Waals surface area contributed by atoms with Crippen molar-refractivity contribution in [1.29, 1.82) is 0 Å². The molecule has 2 aromatic carbocycles. The molecule has 1 amide bonds. The van der Waals surface area contributed by atoms with Gasteiger partial charge in [0.2, 0.25) is 0 Å². The van der Waals surface area contributed by atoms with E-state index < -0.39 is 9.84 Å². The van der Waals surface area contributed by atoms with Gasteiger partial charge in [0.25, 0.3) is 5.91 Å². The van der Waals surface area contributed by atoms with Crippen LogP contribution >= 0.6 is 0 Å². The average molecular weight is 420 g/mol. The van der Waals surface area contributed by atoms with Gasteiger partial charge in [-0.25, -0.2) is 12.8 Å². The van der Waals surface area contributed by atoms with E-state index in [1.165, 1.54) is 30.7 Å². The number of hydrogen-bond donors (Lipinski definition) is 0. The fourth-order valence-corrected chi connectivity index (χ4v) is 4.28. The molecule has 0 heterocycles. The highest BCUT2D eigenvalue weighted by molar-refractivity contribution is 7.90. The number of benzene rings is 2. The Morgan fingerprint density at radius 3 is 2.45 bits per heavy atom. The molecule has 0 N–H and O–H groups in total. The summed E-state index contributed by atoms with van der Waals surface area (Å²) in [5.74, 6) is -0.129. The number of sulfone groups is 1. The van der Waals surface area contributed by atoms with Gasteiger partial charge in [-0.15, -0.1) is 0 Å². The normalized spacial score (nSPS) is 15.1. The molecule has 5 nitrogen and oxygen atoms in total. The third-order valence-corrected chi connectivity index (χ3v) is 6.31. The number of carbonyl (C=O) groups excluding carboxylic acids is 1. The standard InChI is InChI=1S/C22H26FNO4S/c1-29(26,27)21-9-5-8-20(14-21)28-16-22(25)24(19-6-3-2-4-7-19)15-17-10-12-18(23)13-11-17/h5,8-14,19H,2-4,6-7,15-16H2,1H3. The molecule has 2 aromatic rings. The van der Waals surface area contributed by atoms with Gasteiger partial charge in [-0.1, -0.05) is 37.5 Å². The summed E-state index contributed by atoms with van der Waals surface area (Å²) in [5, 5.41) is 0. The van der Waals surface area contributed by atoms with E-state index in [1.54, 1.807) is 24.3 Å². The van der Waals surface area contributed by atoms with E-state index >= 15 is 0 Å². The van der Waals surface area contributed by atoms with Crippen LogP contribution in [0.4, 0.5) is 4.39 Å². The maximum Gasteiger partial charge on any atom is 0.261 e. The van der Waals surface area contributed by atoms with Crippen molar-refractivity contribution in [3.63, 3.8) is 0 Å². The van der Waals surface area contributed by atoms with Crippen molar-refractivity contribution in [2.45, 2.75) is 49.6 Å². The van der Waals surface area contributed by atoms with Crippen LogP contribution in [0, 0.1) is 5.82 Å². The van der Waals surface area contributed by atoms with E-state index in [9.17, 15) is 17.6 Å². The van der Waals surface area contributed by atoms with E-state index in [1.807, 2.05) is 4.90 Å². The highest BCUT2D eigenvalue weighted by atomic mass is 32.2. The fourth-order valence-electron chi connectivity index (χ4n) is 3.62. The monoisotopic (exact) mass is 419 g/mol. The molecule has 156 valence electrons. The molecular weight excluding hydrogens is 393 g/mol. The van der Waals surface area contributed by atoms with Crippen LogP contribution in [0.3, 0.4) is 0 Å². The number of carbonyl (C=O) groups is 1. The molecular formula is C22H26FNO4S. The van der Waals surface area contributed by atoms with Gasteiger partial charge in [-0.3, -0.25) is 4.79 Å². The largest absolute Gasteiger partial charge is 0.484 e. The maximum absolute atomic E-state index is 13.2. The first-order chi connectivity index (χ1) is 13.8. The summed E-state index contributed by atoms with van der Waals surface area (Å²) in [6, 6.07) is 12.4. The van der Waals surface area contributed by atoms with Crippen LogP contribution in [0.15, 0.2) is 53.4 Å². The Kier molecular flexibility index (Phi) is 6.90. The molecule has 7 heteroatoms. The van der Waals surface area contributed by atoms with Crippen molar-refractivity contribution in [1.82, 2.24) is 4.90 Å². The molecule has 0 saturated heterocycles. The minimum Gasteiger partial charge on any atom is -0.484 e. The van der Waals surface area contributed by atoms with Crippen LogP contribution in [-0.4, -0.2) is 38.1 Å². The average Bonchev–Trinajstić information content (AvgIpc) is 2.72. The fraction of sp³-hybridized carbons (Fsp3) is 0.409. The second-order valence-electron chi connectivity index (χ2n) is 7.48. The van der Waals surface area contributed by atoms with Crippen molar-refractivity contribution >= 4 is 15.7 Å². The first-order valence-corrected chi connectivity index (χ1v) is 11.7. The second-order valence-corrected chi connectivity index (χ2v) is 9.49. The van der Waals surface area contributed by atoms with E-state index in [2.05, 4.69) is 0 Å². The van der Waals surface area contributed by atoms with Crippen LogP contribution < -0.4 is 4.74 Å². The Morgan fingerprint density at radius 2 is 1.79 bits per heavy atom. The summed E-state index contributed by atoms with van der Waals surface area (Å²) in [4.78, 5) is 14.9. The minimum atomic E-state index is -3.35. The lowest BCUT2D eigenvalue weighted by molar-refractivity contribution is -0.137. The molecule has 1 aliphatic carbocycles. The SMILES string of the molecule is CS(=O)(=O)c1cccc(OCC(=O)N(Cc2ccc(F)cc2)C2CCCCC2)c1. The molecule has 1 fully saturated rings. The molecule has 0 radical (unpaired) electrons. The summed E-state index contributed by atoms with van der Waals surface area (Å²) in [7, 11) is -3.35. The molecule has 0 bridgehead atoms. The minimum absolute atomic E-state index is 0.132. The van der Waals surface area contributed by atoms with E-state index in [0.717, 1.165) is 37.5 Å². The van der Waals surface area contributed by atoms with Crippen molar-refractivity contribution in [3.05, 3.63) is 59.9 Å². The predicted molar refractivity (Wildman–Crippen MR) is 109 cm³/mol. The van der Waals surface area contributed by atoms with Gasteiger partial charge in [-0.2, -0.15) is 0 Å². The third kappa shape index (κ3) is 6.03. The third-order valence-electron chi connectivity index (χ3n) is 5.20. The summed E-state index contributed by atoms with van der Waals surface area (Å²) >= 11 is 0. The number of halogens is 1. The Labute approximate surface area is 171 Å². The highest BCUT2D eigenvalue weighted by Crippen LogP contribution is 2.25. The molecule has 29 heavy (non-hydrogen) atoms. The number of rotatable bonds is 7. The zero-order chi connectivity index (χ0) is 20.9. The summed E-state index contributed by atoms with van der Waals surface area (Å²) in [6.07, 6.45) is 6.34. The Balaban J connectivity index is 1.71. The molecule has 0 unspecified atom stereocenters. The molecule has 0 spiro atoms. The molecule has 0 aliphatic heterocycles. The van der Waals surface area contributed by atoms with E-state index in [4.69, 9.17) is 4.74 Å². The number of nitrogens with zero attached hydrogens (tertiary/aromatic N) is 1. The molecule has 1 aliphatic rings.